The second kappa shape index (κ2) is 14.0. The summed E-state index contributed by atoms with van der Waals surface area (Å²) >= 11 is 1.61. The van der Waals surface area contributed by atoms with Gasteiger partial charge in [-0.15, -0.1) is 11.3 Å². The van der Waals surface area contributed by atoms with Crippen LogP contribution in [0.4, 0.5) is 0 Å². The summed E-state index contributed by atoms with van der Waals surface area (Å²) in [7, 11) is -2.33. The summed E-state index contributed by atoms with van der Waals surface area (Å²) in [6.45, 7) is 22.4. The third-order valence-corrected chi connectivity index (χ3v) is 14.3. The third-order valence-electron chi connectivity index (χ3n) is 9.03. The van der Waals surface area contributed by atoms with Crippen LogP contribution >= 0.6 is 11.3 Å². The van der Waals surface area contributed by atoms with Crippen molar-refractivity contribution in [3.63, 3.8) is 0 Å². The smallest absolute Gasteiger partial charge is 0.223 e. The van der Waals surface area contributed by atoms with Crippen molar-refractivity contribution < 1.29 is 19.1 Å². The summed E-state index contributed by atoms with van der Waals surface area (Å²) in [5.41, 5.74) is 0.979. The molecule has 0 bridgehead atoms. The van der Waals surface area contributed by atoms with Gasteiger partial charge in [-0.05, 0) is 75.2 Å². The van der Waals surface area contributed by atoms with Crippen LogP contribution in [0.15, 0.2) is 23.1 Å². The van der Waals surface area contributed by atoms with Crippen LogP contribution in [-0.2, 0) is 14.0 Å². The number of aryl methyl sites for hydroxylation is 1. The predicted molar refractivity (Wildman–Crippen MR) is 170 cm³/mol. The summed E-state index contributed by atoms with van der Waals surface area (Å²) in [5, 5.41) is 17.3. The number of hydrogen-bond donors (Lipinski definition) is 2. The number of amides is 1. The molecular weight excluding hydrogens is 537 g/mol. The van der Waals surface area contributed by atoms with Crippen molar-refractivity contribution in [1.29, 1.82) is 0 Å². The summed E-state index contributed by atoms with van der Waals surface area (Å²) < 4.78 is 6.85. The standard InChI is InChI=1S/C32H54N2O4SSi/c1-21-16-14-12-13-15-17-26(22(2)18-25-20-39-24(4)33-25)34-28(35)19-27(38-40(10,11)31(5,6)7)32(8,9)30(37)23(3)29(21)36/h13,15,18,20-21,23,26-27,29,36H,12,14,16-17,19H2,1-11H3,(H,34,35)/b15-13-,22-18+/t21-,23+,26-,27-,29?/m0/s1. The molecule has 1 unspecified atom stereocenters. The monoisotopic (exact) mass is 590 g/mol. The van der Waals surface area contributed by atoms with E-state index in [0.717, 1.165) is 35.5 Å². The van der Waals surface area contributed by atoms with Gasteiger partial charge in [0.2, 0.25) is 5.91 Å². The van der Waals surface area contributed by atoms with Gasteiger partial charge in [-0.3, -0.25) is 9.59 Å². The van der Waals surface area contributed by atoms with Gasteiger partial charge < -0.3 is 14.8 Å². The van der Waals surface area contributed by atoms with Crippen LogP contribution in [0, 0.1) is 24.2 Å². The van der Waals surface area contributed by atoms with Gasteiger partial charge in [0.05, 0.1) is 35.4 Å². The quantitative estimate of drug-likeness (QED) is 0.280. The second-order valence-electron chi connectivity index (χ2n) is 13.9. The van der Waals surface area contributed by atoms with E-state index >= 15 is 0 Å². The zero-order valence-electron chi connectivity index (χ0n) is 26.8. The molecule has 0 radical (unpaired) electrons. The van der Waals surface area contributed by atoms with Crippen LogP contribution in [0.3, 0.4) is 0 Å². The Morgan fingerprint density at radius 3 is 2.45 bits per heavy atom. The largest absolute Gasteiger partial charge is 0.412 e. The van der Waals surface area contributed by atoms with Crippen LogP contribution in [0.1, 0.15) is 98.2 Å². The van der Waals surface area contributed by atoms with Crippen molar-refractivity contribution >= 4 is 37.4 Å². The number of rotatable bonds is 4. The number of aliphatic hydroxyl groups is 1. The van der Waals surface area contributed by atoms with E-state index in [-0.39, 0.29) is 35.1 Å². The summed E-state index contributed by atoms with van der Waals surface area (Å²) in [4.78, 5) is 32.2. The maximum absolute atomic E-state index is 14.0. The van der Waals surface area contributed by atoms with Crippen molar-refractivity contribution in [3.05, 3.63) is 33.8 Å². The Morgan fingerprint density at radius 2 is 1.88 bits per heavy atom. The highest BCUT2D eigenvalue weighted by Gasteiger charge is 2.48. The topological polar surface area (TPSA) is 88.5 Å². The number of carbonyl (C=O) groups excluding carboxylic acids is 2. The fraction of sp³-hybridized carbons (Fsp3) is 0.719. The number of aromatic nitrogens is 1. The first-order valence-corrected chi connectivity index (χ1v) is 18.6. The molecule has 6 nitrogen and oxygen atoms in total. The van der Waals surface area contributed by atoms with E-state index in [9.17, 15) is 14.7 Å². The number of carbonyl (C=O) groups is 2. The molecule has 40 heavy (non-hydrogen) atoms. The zero-order chi connectivity index (χ0) is 30.5. The lowest BCUT2D eigenvalue weighted by molar-refractivity contribution is -0.142. The molecule has 226 valence electrons. The van der Waals surface area contributed by atoms with Crippen molar-refractivity contribution in [1.82, 2.24) is 10.3 Å². The van der Waals surface area contributed by atoms with E-state index < -0.39 is 31.9 Å². The van der Waals surface area contributed by atoms with E-state index in [2.05, 4.69) is 56.3 Å². The van der Waals surface area contributed by atoms with Gasteiger partial charge in [-0.2, -0.15) is 0 Å². The van der Waals surface area contributed by atoms with Crippen molar-refractivity contribution in [2.75, 3.05) is 0 Å². The van der Waals surface area contributed by atoms with Crippen LogP contribution in [-0.4, -0.2) is 48.3 Å². The van der Waals surface area contributed by atoms with E-state index in [1.807, 2.05) is 53.0 Å². The van der Waals surface area contributed by atoms with Gasteiger partial charge in [0.1, 0.15) is 5.78 Å². The van der Waals surface area contributed by atoms with Gasteiger partial charge in [0.15, 0.2) is 8.32 Å². The summed E-state index contributed by atoms with van der Waals surface area (Å²) in [6.07, 6.45) is 8.40. The first-order chi connectivity index (χ1) is 18.4. The molecule has 0 fully saturated rings. The Labute approximate surface area is 248 Å². The fourth-order valence-electron chi connectivity index (χ4n) is 5.01. The molecule has 2 rings (SSSR count). The Kier molecular flexibility index (Phi) is 12.1. The van der Waals surface area contributed by atoms with Gasteiger partial charge in [0.25, 0.3) is 0 Å². The van der Waals surface area contributed by atoms with Crippen LogP contribution in [0.2, 0.25) is 18.1 Å². The summed E-state index contributed by atoms with van der Waals surface area (Å²) in [6, 6.07) is -0.189. The number of thiazole rings is 1. The second-order valence-corrected chi connectivity index (χ2v) is 19.7. The van der Waals surface area contributed by atoms with E-state index in [1.165, 1.54) is 0 Å². The minimum Gasteiger partial charge on any atom is -0.412 e. The Balaban J connectivity index is 2.49. The number of hydrogen-bond acceptors (Lipinski definition) is 6. The molecule has 0 saturated heterocycles. The third kappa shape index (κ3) is 9.20. The summed E-state index contributed by atoms with van der Waals surface area (Å²) in [5.74, 6) is -0.749. The number of aliphatic hydroxyl groups excluding tert-OH is 1. The van der Waals surface area contributed by atoms with Gasteiger partial charge in [-0.25, -0.2) is 4.98 Å². The van der Waals surface area contributed by atoms with Crippen LogP contribution < -0.4 is 5.32 Å². The molecule has 0 aromatic carbocycles. The fourth-order valence-corrected chi connectivity index (χ4v) is 7.02. The molecule has 5 atom stereocenters. The van der Waals surface area contributed by atoms with Crippen molar-refractivity contribution in [2.24, 2.45) is 17.3 Å². The highest BCUT2D eigenvalue weighted by molar-refractivity contribution is 7.09. The normalized spacial score (nSPS) is 29.2. The molecule has 1 aromatic rings. The SMILES string of the molecule is C/C(=C\c1csc(C)n1)[C@@H]1C/C=C\CCC[C@H](C)C(O)[C@@H](C)C(=O)C(C)(C)[C@@H](O[Si](C)(C)C(C)(C)C)CC(=O)N1. The minimum absolute atomic E-state index is 0.00129. The lowest BCUT2D eigenvalue weighted by atomic mass is 9.73. The molecule has 0 spiro atoms. The zero-order valence-corrected chi connectivity index (χ0v) is 28.6. The lowest BCUT2D eigenvalue weighted by Gasteiger charge is -2.44. The first-order valence-electron chi connectivity index (χ1n) is 14.8. The number of allylic oxidation sites excluding steroid dienone is 1. The highest BCUT2D eigenvalue weighted by atomic mass is 32.1. The molecule has 1 aliphatic heterocycles. The Bertz CT molecular complexity index is 1070. The van der Waals surface area contributed by atoms with Gasteiger partial charge in [-0.1, -0.05) is 60.6 Å². The molecule has 1 aromatic heterocycles. The number of Topliss-reactive ketones (excluding diaryl/α,β-unsaturated/α-hetero) is 1. The Morgan fingerprint density at radius 1 is 1.23 bits per heavy atom. The number of nitrogens with one attached hydrogen (secondary N) is 1. The van der Waals surface area contributed by atoms with E-state index in [0.29, 0.717) is 6.42 Å². The van der Waals surface area contributed by atoms with Crippen LogP contribution in [0.25, 0.3) is 6.08 Å². The average molecular weight is 591 g/mol. The molecule has 2 heterocycles. The molecular formula is C32H54N2O4SSi. The highest BCUT2D eigenvalue weighted by Crippen LogP contribution is 2.42. The predicted octanol–water partition coefficient (Wildman–Crippen LogP) is 7.48. The van der Waals surface area contributed by atoms with E-state index in [1.54, 1.807) is 11.3 Å². The number of nitrogens with zero attached hydrogens (tertiary/aromatic N) is 1. The van der Waals surface area contributed by atoms with E-state index in [4.69, 9.17) is 4.43 Å². The molecule has 2 N–H and O–H groups in total. The first kappa shape index (κ1) is 34.6. The lowest BCUT2D eigenvalue weighted by Crippen LogP contribution is -2.53. The molecule has 8 heteroatoms. The average Bonchev–Trinajstić information content (AvgIpc) is 3.25. The molecule has 0 aliphatic carbocycles. The minimum atomic E-state index is -2.33. The maximum atomic E-state index is 14.0. The number of ketones is 1. The van der Waals surface area contributed by atoms with Gasteiger partial charge >= 0.3 is 0 Å². The van der Waals surface area contributed by atoms with Crippen molar-refractivity contribution in [3.8, 4) is 0 Å². The molecule has 0 saturated carbocycles. The van der Waals surface area contributed by atoms with Crippen LogP contribution in [0.5, 0.6) is 0 Å². The maximum Gasteiger partial charge on any atom is 0.223 e. The van der Waals surface area contributed by atoms with Gasteiger partial charge in [0, 0.05) is 16.7 Å². The van der Waals surface area contributed by atoms with Crippen molar-refractivity contribution in [2.45, 2.75) is 131 Å². The molecule has 1 aliphatic rings. The Hall–Kier alpha value is -1.61. The molecule has 1 amide bonds.